The van der Waals surface area contributed by atoms with E-state index in [1.807, 2.05) is 32.4 Å². The molecule has 1 rings (SSSR count). The van der Waals surface area contributed by atoms with E-state index >= 15 is 0 Å². The van der Waals surface area contributed by atoms with Gasteiger partial charge in [0.15, 0.2) is 11.8 Å². The molecule has 27 heavy (non-hydrogen) atoms. The molecule has 0 fully saturated rings. The number of guanidine groups is 1. The molecule has 0 amide bonds. The van der Waals surface area contributed by atoms with Crippen molar-refractivity contribution in [2.45, 2.75) is 60.1 Å². The van der Waals surface area contributed by atoms with Crippen LogP contribution in [0.1, 0.15) is 52.2 Å². The third-order valence-corrected chi connectivity index (χ3v) is 4.37. The Bertz CT molecular complexity index is 544. The van der Waals surface area contributed by atoms with E-state index in [2.05, 4.69) is 39.7 Å². The predicted octanol–water partition coefficient (Wildman–Crippen LogP) is 2.04. The minimum Gasteiger partial charge on any atom is -0.382 e. The topological polar surface area (TPSA) is 85.6 Å². The maximum absolute atomic E-state index is 5.82. The van der Waals surface area contributed by atoms with Crippen LogP contribution in [0.15, 0.2) is 4.99 Å². The molecule has 1 heterocycles. The standard InChI is InChI=1S/C19H38N6O2/c1-7-26-13-9-11-20-19(21-12-10-17(15(3)4)27-8-2)22-14-18-24-23-16(5)25(18)6/h15,17H,7-14H2,1-6H3,(H2,20,21,22). The lowest BCUT2D eigenvalue weighted by Gasteiger charge is -2.21. The van der Waals surface area contributed by atoms with E-state index in [4.69, 9.17) is 9.47 Å². The third kappa shape index (κ3) is 9.19. The lowest BCUT2D eigenvalue weighted by atomic mass is 10.0. The van der Waals surface area contributed by atoms with E-state index < -0.39 is 0 Å². The van der Waals surface area contributed by atoms with Crippen LogP contribution in [0.3, 0.4) is 0 Å². The quantitative estimate of drug-likeness (QED) is 0.308. The first-order chi connectivity index (χ1) is 13.0. The number of hydrogen-bond acceptors (Lipinski definition) is 5. The molecule has 156 valence electrons. The maximum Gasteiger partial charge on any atom is 0.191 e. The molecule has 8 nitrogen and oxygen atoms in total. The second kappa shape index (κ2) is 13.5. The van der Waals surface area contributed by atoms with Crippen molar-refractivity contribution >= 4 is 5.96 Å². The first-order valence-electron chi connectivity index (χ1n) is 10.1. The summed E-state index contributed by atoms with van der Waals surface area (Å²) in [5, 5.41) is 15.0. The fraction of sp³-hybridized carbons (Fsp3) is 0.842. The molecule has 0 aliphatic rings. The Kier molecular flexibility index (Phi) is 11.7. The zero-order valence-corrected chi connectivity index (χ0v) is 17.9. The Labute approximate surface area is 164 Å². The van der Waals surface area contributed by atoms with Crippen LogP contribution in [0, 0.1) is 12.8 Å². The van der Waals surface area contributed by atoms with Crippen LogP contribution in [0.2, 0.25) is 0 Å². The van der Waals surface area contributed by atoms with E-state index in [0.717, 1.165) is 63.4 Å². The SMILES string of the molecule is CCOCCCNC(=NCc1nnc(C)n1C)NCCC(OCC)C(C)C. The molecule has 0 spiro atoms. The van der Waals surface area contributed by atoms with E-state index in [1.54, 1.807) is 0 Å². The monoisotopic (exact) mass is 382 g/mol. The summed E-state index contributed by atoms with van der Waals surface area (Å²) in [5.41, 5.74) is 0. The highest BCUT2D eigenvalue weighted by Crippen LogP contribution is 2.10. The molecule has 0 aliphatic carbocycles. The molecule has 0 saturated carbocycles. The molecular weight excluding hydrogens is 344 g/mol. The molecular formula is C19H38N6O2. The van der Waals surface area contributed by atoms with Crippen LogP contribution >= 0.6 is 0 Å². The molecule has 1 unspecified atom stereocenters. The molecule has 0 aromatic carbocycles. The second-order valence-electron chi connectivity index (χ2n) is 6.82. The first kappa shape index (κ1) is 23.4. The van der Waals surface area contributed by atoms with Crippen LogP contribution in [-0.4, -0.2) is 59.7 Å². The normalized spacial score (nSPS) is 13.2. The molecule has 1 aromatic heterocycles. The molecule has 1 atom stereocenters. The predicted molar refractivity (Wildman–Crippen MR) is 109 cm³/mol. The van der Waals surface area contributed by atoms with Gasteiger partial charge in [0.25, 0.3) is 0 Å². The van der Waals surface area contributed by atoms with Crippen molar-refractivity contribution in [2.75, 3.05) is 32.9 Å². The van der Waals surface area contributed by atoms with Gasteiger partial charge in [0.2, 0.25) is 0 Å². The number of rotatable bonds is 13. The minimum absolute atomic E-state index is 0.253. The van der Waals surface area contributed by atoms with Gasteiger partial charge in [-0.1, -0.05) is 13.8 Å². The van der Waals surface area contributed by atoms with E-state index in [9.17, 15) is 0 Å². The van der Waals surface area contributed by atoms with Gasteiger partial charge in [-0.25, -0.2) is 4.99 Å². The molecule has 8 heteroatoms. The maximum atomic E-state index is 5.82. The Hall–Kier alpha value is -1.67. The lowest BCUT2D eigenvalue weighted by molar-refractivity contribution is 0.0258. The Balaban J connectivity index is 2.58. The van der Waals surface area contributed by atoms with Gasteiger partial charge in [0.05, 0.1) is 6.10 Å². The molecule has 2 N–H and O–H groups in total. The molecule has 0 bridgehead atoms. The van der Waals surface area contributed by atoms with Crippen molar-refractivity contribution < 1.29 is 9.47 Å². The summed E-state index contributed by atoms with van der Waals surface area (Å²) in [5.74, 6) is 3.01. The number of aliphatic imine (C=N–C) groups is 1. The number of aromatic nitrogens is 3. The van der Waals surface area contributed by atoms with E-state index in [1.165, 1.54) is 0 Å². The highest BCUT2D eigenvalue weighted by molar-refractivity contribution is 5.79. The first-order valence-corrected chi connectivity index (χ1v) is 10.1. The zero-order valence-electron chi connectivity index (χ0n) is 17.9. The minimum atomic E-state index is 0.253. The van der Waals surface area contributed by atoms with Gasteiger partial charge in [0.1, 0.15) is 12.4 Å². The van der Waals surface area contributed by atoms with Crippen LogP contribution in [0.4, 0.5) is 0 Å². The van der Waals surface area contributed by atoms with Gasteiger partial charge < -0.3 is 24.7 Å². The van der Waals surface area contributed by atoms with Crippen molar-refractivity contribution in [3.8, 4) is 0 Å². The summed E-state index contributed by atoms with van der Waals surface area (Å²) < 4.78 is 13.2. The van der Waals surface area contributed by atoms with Gasteiger partial charge in [-0.2, -0.15) is 0 Å². The van der Waals surface area contributed by atoms with Crippen molar-refractivity contribution in [1.29, 1.82) is 0 Å². The third-order valence-electron chi connectivity index (χ3n) is 4.37. The van der Waals surface area contributed by atoms with Crippen molar-refractivity contribution in [3.63, 3.8) is 0 Å². The summed E-state index contributed by atoms with van der Waals surface area (Å²) in [4.78, 5) is 4.66. The van der Waals surface area contributed by atoms with Crippen LogP contribution in [0.25, 0.3) is 0 Å². The number of nitrogens with one attached hydrogen (secondary N) is 2. The largest absolute Gasteiger partial charge is 0.382 e. The lowest BCUT2D eigenvalue weighted by Crippen LogP contribution is -2.40. The Morgan fingerprint density at radius 2 is 1.89 bits per heavy atom. The van der Waals surface area contributed by atoms with E-state index in [-0.39, 0.29) is 6.10 Å². The van der Waals surface area contributed by atoms with Gasteiger partial charge >= 0.3 is 0 Å². The van der Waals surface area contributed by atoms with E-state index in [0.29, 0.717) is 12.5 Å². The van der Waals surface area contributed by atoms with Gasteiger partial charge in [-0.3, -0.25) is 0 Å². The van der Waals surface area contributed by atoms with Crippen molar-refractivity contribution in [2.24, 2.45) is 18.0 Å². The zero-order chi connectivity index (χ0) is 20.1. The van der Waals surface area contributed by atoms with Gasteiger partial charge in [-0.05, 0) is 39.5 Å². The number of aryl methyl sites for hydroxylation is 1. The molecule has 1 aromatic rings. The molecule has 0 radical (unpaired) electrons. The van der Waals surface area contributed by atoms with Crippen LogP contribution in [0.5, 0.6) is 0 Å². The highest BCUT2D eigenvalue weighted by Gasteiger charge is 2.13. The average molecular weight is 383 g/mol. The highest BCUT2D eigenvalue weighted by atomic mass is 16.5. The van der Waals surface area contributed by atoms with Gasteiger partial charge in [0, 0.05) is 40.0 Å². The fourth-order valence-corrected chi connectivity index (χ4v) is 2.59. The summed E-state index contributed by atoms with van der Waals surface area (Å²) in [6.45, 7) is 14.7. The second-order valence-corrected chi connectivity index (χ2v) is 6.82. The van der Waals surface area contributed by atoms with Crippen LogP contribution < -0.4 is 10.6 Å². The number of hydrogen-bond donors (Lipinski definition) is 2. The fourth-order valence-electron chi connectivity index (χ4n) is 2.59. The number of nitrogens with zero attached hydrogens (tertiary/aromatic N) is 4. The molecule has 0 saturated heterocycles. The van der Waals surface area contributed by atoms with Crippen molar-refractivity contribution in [1.82, 2.24) is 25.4 Å². The Morgan fingerprint density at radius 3 is 2.48 bits per heavy atom. The molecule has 0 aliphatic heterocycles. The summed E-state index contributed by atoms with van der Waals surface area (Å²) in [7, 11) is 1.96. The van der Waals surface area contributed by atoms with Gasteiger partial charge in [-0.15, -0.1) is 10.2 Å². The summed E-state index contributed by atoms with van der Waals surface area (Å²) >= 11 is 0. The summed E-state index contributed by atoms with van der Waals surface area (Å²) in [6.07, 6.45) is 2.13. The Morgan fingerprint density at radius 1 is 1.15 bits per heavy atom. The summed E-state index contributed by atoms with van der Waals surface area (Å²) in [6, 6.07) is 0. The van der Waals surface area contributed by atoms with Crippen molar-refractivity contribution in [3.05, 3.63) is 11.6 Å². The smallest absolute Gasteiger partial charge is 0.191 e. The van der Waals surface area contributed by atoms with Crippen LogP contribution in [-0.2, 0) is 23.1 Å². The number of ether oxygens (including phenoxy) is 2. The average Bonchev–Trinajstić information content (AvgIpc) is 2.96.